The second-order valence-corrected chi connectivity index (χ2v) is 6.35. The van der Waals surface area contributed by atoms with Gasteiger partial charge in [-0.1, -0.05) is 32.0 Å². The molecule has 1 N–H and O–H groups in total. The van der Waals surface area contributed by atoms with Crippen LogP contribution in [0.2, 0.25) is 0 Å². The lowest BCUT2D eigenvalue weighted by molar-refractivity contribution is -0.120. The van der Waals surface area contributed by atoms with Crippen LogP contribution in [0.3, 0.4) is 0 Å². The quantitative estimate of drug-likeness (QED) is 0.847. The zero-order valence-corrected chi connectivity index (χ0v) is 15.9. The Kier molecular flexibility index (Phi) is 5.64. The number of hydrogen-bond acceptors (Lipinski definition) is 4. The van der Waals surface area contributed by atoms with Gasteiger partial charge in [0.05, 0.1) is 0 Å². The number of hydrogen-bond donors (Lipinski definition) is 1. The molecule has 0 aromatic heterocycles. The number of nitrogens with zero attached hydrogens (tertiary/aromatic N) is 1. The smallest absolute Gasteiger partial charge is 0.244 e. The summed E-state index contributed by atoms with van der Waals surface area (Å²) in [4.78, 5) is 26.3. The zero-order chi connectivity index (χ0) is 19.4. The molecule has 27 heavy (non-hydrogen) atoms. The highest BCUT2D eigenvalue weighted by Gasteiger charge is 2.21. The Morgan fingerprint density at radius 3 is 2.33 bits per heavy atom. The number of anilines is 2. The van der Waals surface area contributed by atoms with Crippen LogP contribution in [-0.4, -0.2) is 25.2 Å². The molecule has 0 unspecified atom stereocenters. The maximum atomic E-state index is 12.7. The highest BCUT2D eigenvalue weighted by Crippen LogP contribution is 2.35. The third-order valence-electron chi connectivity index (χ3n) is 4.61. The number of carbonyl (C=O) groups is 2. The molecule has 6 nitrogen and oxygen atoms in total. The normalized spacial score (nSPS) is 12.0. The molecular formula is C21H24N2O4. The molecule has 0 fully saturated rings. The highest BCUT2D eigenvalue weighted by atomic mass is 16.7. The standard InChI is InChI=1S/C21H24N2O4/c1-4-15-7-6-8-16(5-2)21(15)22-20(25)12-23(14(3)24)17-9-10-18-19(11-17)27-13-26-18/h6-11H,4-5,12-13H2,1-3H3,(H,22,25). The van der Waals surface area contributed by atoms with Gasteiger partial charge < -0.3 is 19.7 Å². The van der Waals surface area contributed by atoms with E-state index in [1.54, 1.807) is 18.2 Å². The lowest BCUT2D eigenvalue weighted by Gasteiger charge is -2.22. The van der Waals surface area contributed by atoms with Crippen molar-refractivity contribution in [1.29, 1.82) is 0 Å². The highest BCUT2D eigenvalue weighted by molar-refractivity contribution is 6.02. The first-order chi connectivity index (χ1) is 13.0. The van der Waals surface area contributed by atoms with Gasteiger partial charge in [-0.25, -0.2) is 0 Å². The third-order valence-corrected chi connectivity index (χ3v) is 4.61. The molecule has 2 aromatic rings. The molecule has 142 valence electrons. The van der Waals surface area contributed by atoms with Crippen LogP contribution in [0.15, 0.2) is 36.4 Å². The Morgan fingerprint density at radius 1 is 1.04 bits per heavy atom. The molecule has 2 amide bonds. The first-order valence-electron chi connectivity index (χ1n) is 9.11. The molecule has 0 aliphatic carbocycles. The van der Waals surface area contributed by atoms with Gasteiger partial charge in [0.15, 0.2) is 11.5 Å². The number of fused-ring (bicyclic) bond motifs is 1. The molecular weight excluding hydrogens is 344 g/mol. The van der Waals surface area contributed by atoms with E-state index < -0.39 is 0 Å². The number of nitrogens with one attached hydrogen (secondary N) is 1. The molecule has 1 aliphatic heterocycles. The molecule has 0 radical (unpaired) electrons. The summed E-state index contributed by atoms with van der Waals surface area (Å²) in [5.74, 6) is 0.752. The van der Waals surface area contributed by atoms with Crippen molar-refractivity contribution in [2.45, 2.75) is 33.6 Å². The summed E-state index contributed by atoms with van der Waals surface area (Å²) in [6, 6.07) is 11.2. The van der Waals surface area contributed by atoms with Crippen molar-refractivity contribution in [1.82, 2.24) is 0 Å². The SMILES string of the molecule is CCc1cccc(CC)c1NC(=O)CN(C(C)=O)c1ccc2c(c1)OCO2. The van der Waals surface area contributed by atoms with Crippen LogP contribution in [0, 0.1) is 0 Å². The Balaban J connectivity index is 1.80. The van der Waals surface area contributed by atoms with Crippen molar-refractivity contribution in [2.75, 3.05) is 23.6 Å². The summed E-state index contributed by atoms with van der Waals surface area (Å²) in [5.41, 5.74) is 3.61. The first-order valence-corrected chi connectivity index (χ1v) is 9.11. The summed E-state index contributed by atoms with van der Waals surface area (Å²) >= 11 is 0. The number of benzene rings is 2. The van der Waals surface area contributed by atoms with Gasteiger partial charge in [-0.05, 0) is 36.1 Å². The van der Waals surface area contributed by atoms with Gasteiger partial charge in [-0.2, -0.15) is 0 Å². The van der Waals surface area contributed by atoms with E-state index in [0.717, 1.165) is 29.7 Å². The average Bonchev–Trinajstić information content (AvgIpc) is 3.13. The Hall–Kier alpha value is -3.02. The molecule has 1 aliphatic rings. The second kappa shape index (κ2) is 8.12. The van der Waals surface area contributed by atoms with E-state index in [-0.39, 0.29) is 25.2 Å². The topological polar surface area (TPSA) is 67.9 Å². The monoisotopic (exact) mass is 368 g/mol. The van der Waals surface area contributed by atoms with E-state index in [2.05, 4.69) is 19.2 Å². The fourth-order valence-electron chi connectivity index (χ4n) is 3.16. The van der Waals surface area contributed by atoms with Gasteiger partial charge in [-0.3, -0.25) is 9.59 Å². The van der Waals surface area contributed by atoms with E-state index in [1.165, 1.54) is 11.8 Å². The minimum Gasteiger partial charge on any atom is -0.454 e. The number of amides is 2. The van der Waals surface area contributed by atoms with Crippen LogP contribution in [0.25, 0.3) is 0 Å². The molecule has 0 atom stereocenters. The molecule has 3 rings (SSSR count). The fourth-order valence-corrected chi connectivity index (χ4v) is 3.16. The molecule has 0 saturated heterocycles. The first kappa shape index (κ1) is 18.8. The summed E-state index contributed by atoms with van der Waals surface area (Å²) in [6.45, 7) is 5.64. The van der Waals surface area contributed by atoms with Gasteiger partial charge in [-0.15, -0.1) is 0 Å². The maximum Gasteiger partial charge on any atom is 0.244 e. The predicted octanol–water partition coefficient (Wildman–Crippen LogP) is 3.53. The van der Waals surface area contributed by atoms with E-state index in [4.69, 9.17) is 9.47 Å². The van der Waals surface area contributed by atoms with Crippen molar-refractivity contribution in [3.63, 3.8) is 0 Å². The molecule has 2 aromatic carbocycles. The van der Waals surface area contributed by atoms with Crippen molar-refractivity contribution in [3.05, 3.63) is 47.5 Å². The number of aryl methyl sites for hydroxylation is 2. The summed E-state index contributed by atoms with van der Waals surface area (Å²) in [7, 11) is 0. The third kappa shape index (κ3) is 4.05. The molecule has 0 saturated carbocycles. The van der Waals surface area contributed by atoms with Crippen LogP contribution in [0.4, 0.5) is 11.4 Å². The minimum atomic E-state index is -0.238. The maximum absolute atomic E-state index is 12.7. The predicted molar refractivity (Wildman–Crippen MR) is 104 cm³/mol. The number of rotatable bonds is 6. The van der Waals surface area contributed by atoms with Crippen molar-refractivity contribution in [3.8, 4) is 11.5 Å². The van der Waals surface area contributed by atoms with Crippen LogP contribution in [0.5, 0.6) is 11.5 Å². The number of para-hydroxylation sites is 1. The van der Waals surface area contributed by atoms with E-state index in [9.17, 15) is 9.59 Å². The zero-order valence-electron chi connectivity index (χ0n) is 15.9. The van der Waals surface area contributed by atoms with Gasteiger partial charge in [0, 0.05) is 24.4 Å². The Labute approximate surface area is 159 Å². The average molecular weight is 368 g/mol. The van der Waals surface area contributed by atoms with Crippen LogP contribution >= 0.6 is 0 Å². The Morgan fingerprint density at radius 2 is 1.70 bits per heavy atom. The largest absolute Gasteiger partial charge is 0.454 e. The van der Waals surface area contributed by atoms with Gasteiger partial charge in [0.1, 0.15) is 6.54 Å². The van der Waals surface area contributed by atoms with Gasteiger partial charge >= 0.3 is 0 Å². The van der Waals surface area contributed by atoms with Crippen LogP contribution in [0.1, 0.15) is 31.9 Å². The van der Waals surface area contributed by atoms with Gasteiger partial charge in [0.25, 0.3) is 0 Å². The fraction of sp³-hybridized carbons (Fsp3) is 0.333. The van der Waals surface area contributed by atoms with Crippen molar-refractivity contribution >= 4 is 23.2 Å². The van der Waals surface area contributed by atoms with Crippen LogP contribution < -0.4 is 19.7 Å². The van der Waals surface area contributed by atoms with Crippen molar-refractivity contribution < 1.29 is 19.1 Å². The lowest BCUT2D eigenvalue weighted by atomic mass is 10.0. The molecule has 1 heterocycles. The summed E-state index contributed by atoms with van der Waals surface area (Å²) in [5, 5.41) is 3.00. The number of ether oxygens (including phenoxy) is 2. The van der Waals surface area contributed by atoms with Crippen molar-refractivity contribution in [2.24, 2.45) is 0 Å². The number of carbonyl (C=O) groups excluding carboxylic acids is 2. The van der Waals surface area contributed by atoms with E-state index in [0.29, 0.717) is 17.2 Å². The second-order valence-electron chi connectivity index (χ2n) is 6.35. The molecule has 6 heteroatoms. The summed E-state index contributed by atoms with van der Waals surface area (Å²) in [6.07, 6.45) is 1.64. The summed E-state index contributed by atoms with van der Waals surface area (Å²) < 4.78 is 10.7. The van der Waals surface area contributed by atoms with E-state index in [1.807, 2.05) is 18.2 Å². The lowest BCUT2D eigenvalue weighted by Crippen LogP contribution is -2.37. The Bertz CT molecular complexity index is 841. The molecule has 0 spiro atoms. The minimum absolute atomic E-state index is 0.0732. The van der Waals surface area contributed by atoms with E-state index >= 15 is 0 Å². The molecule has 0 bridgehead atoms. The van der Waals surface area contributed by atoms with Crippen LogP contribution in [-0.2, 0) is 22.4 Å². The van der Waals surface area contributed by atoms with Gasteiger partial charge in [0.2, 0.25) is 18.6 Å².